The van der Waals surface area contributed by atoms with Crippen LogP contribution in [0.25, 0.3) is 11.1 Å². The monoisotopic (exact) mass is 547 g/mol. The number of carbonyl (C=O) groups excluding carboxylic acids is 1. The van der Waals surface area contributed by atoms with Gasteiger partial charge in [0.1, 0.15) is 18.4 Å². The summed E-state index contributed by atoms with van der Waals surface area (Å²) in [6.45, 7) is 12.5. The van der Waals surface area contributed by atoms with Crippen molar-refractivity contribution in [2.45, 2.75) is 71.1 Å². The third kappa shape index (κ3) is 8.33. The Labute approximate surface area is 237 Å². The first kappa shape index (κ1) is 30.7. The fourth-order valence-corrected chi connectivity index (χ4v) is 4.99. The number of carboxylic acids is 1. The van der Waals surface area contributed by atoms with Crippen LogP contribution in [-0.2, 0) is 20.7 Å². The second-order valence-electron chi connectivity index (χ2n) is 12.0. The van der Waals surface area contributed by atoms with Gasteiger partial charge < -0.3 is 19.7 Å². The van der Waals surface area contributed by atoms with Gasteiger partial charge in [-0.05, 0) is 81.5 Å². The first-order valence-electron chi connectivity index (χ1n) is 13.4. The Kier molecular flexibility index (Phi) is 9.64. The van der Waals surface area contributed by atoms with Gasteiger partial charge in [-0.25, -0.2) is 9.59 Å². The maximum Gasteiger partial charge on any atom is 0.410 e. The molecule has 0 aromatic heterocycles. The van der Waals surface area contributed by atoms with Crippen LogP contribution >= 0.6 is 0 Å². The number of carbonyl (C=O) groups is 2. The highest BCUT2D eigenvalue weighted by Gasteiger charge is 2.32. The maximum atomic E-state index is 12.7. The molecule has 1 amide bonds. The fourth-order valence-electron chi connectivity index (χ4n) is 4.99. The Morgan fingerprint density at radius 3 is 1.73 bits per heavy atom. The number of aliphatic carboxylic acids is 1. The summed E-state index contributed by atoms with van der Waals surface area (Å²) in [7, 11) is 1.43. The molecular formula is C33H41NO6. The minimum Gasteiger partial charge on any atom is -0.508 e. The van der Waals surface area contributed by atoms with Crippen LogP contribution in [0, 0.1) is 0 Å². The topological polar surface area (TPSA) is 96.3 Å². The van der Waals surface area contributed by atoms with Crippen molar-refractivity contribution in [1.29, 1.82) is 0 Å². The van der Waals surface area contributed by atoms with Gasteiger partial charge in [0.15, 0.2) is 0 Å². The number of likely N-dealkylation sites (N-methyl/N-ethyl adjacent to an activating group) is 1. The molecule has 0 radical (unpaired) electrons. The van der Waals surface area contributed by atoms with Gasteiger partial charge in [-0.2, -0.15) is 0 Å². The zero-order chi connectivity index (χ0) is 29.7. The zero-order valence-electron chi connectivity index (χ0n) is 24.5. The van der Waals surface area contributed by atoms with Crippen LogP contribution in [0.15, 0.2) is 72.8 Å². The van der Waals surface area contributed by atoms with Crippen LogP contribution in [0.3, 0.4) is 0 Å². The Balaban J connectivity index is 0.000000424. The van der Waals surface area contributed by atoms with Gasteiger partial charge in [0.25, 0.3) is 0 Å². The number of carboxylic acid groups (broad SMARTS) is 1. The quantitative estimate of drug-likeness (QED) is 0.350. The molecule has 2 N–H and O–H groups in total. The van der Waals surface area contributed by atoms with Crippen LogP contribution in [0.1, 0.15) is 64.2 Å². The molecular weight excluding hydrogens is 506 g/mol. The minimum absolute atomic E-state index is 0.0156. The number of phenols is 1. The van der Waals surface area contributed by atoms with Crippen molar-refractivity contribution < 1.29 is 29.3 Å². The number of benzene rings is 3. The second kappa shape index (κ2) is 12.6. The summed E-state index contributed by atoms with van der Waals surface area (Å²) < 4.78 is 11.2. The van der Waals surface area contributed by atoms with Gasteiger partial charge in [-0.1, -0.05) is 60.7 Å². The molecule has 40 heavy (non-hydrogen) atoms. The highest BCUT2D eigenvalue weighted by molar-refractivity contribution is 5.81. The lowest BCUT2D eigenvalue weighted by atomic mass is 9.98. The average Bonchev–Trinajstić information content (AvgIpc) is 3.18. The molecule has 7 heteroatoms. The SMILES string of the molecule is CC(C)(C)OC(C)(C)C.CN(C(=O)OCC1c2ccccc2-c2ccccc21)C(Cc1ccc(O)cc1)C(=O)O. The summed E-state index contributed by atoms with van der Waals surface area (Å²) >= 11 is 0. The smallest absolute Gasteiger partial charge is 0.410 e. The number of ether oxygens (including phenoxy) is 2. The van der Waals surface area contributed by atoms with E-state index in [1.165, 1.54) is 19.2 Å². The Bertz CT molecular complexity index is 1250. The molecule has 0 saturated heterocycles. The number of phenolic OH excluding ortho intramolecular Hbond substituents is 1. The van der Waals surface area contributed by atoms with Crippen molar-refractivity contribution in [3.05, 3.63) is 89.5 Å². The van der Waals surface area contributed by atoms with E-state index in [4.69, 9.17) is 9.47 Å². The van der Waals surface area contributed by atoms with E-state index in [9.17, 15) is 19.8 Å². The molecule has 0 bridgehead atoms. The van der Waals surface area contributed by atoms with E-state index in [1.807, 2.05) is 36.4 Å². The lowest BCUT2D eigenvalue weighted by Gasteiger charge is -2.30. The molecule has 0 heterocycles. The van der Waals surface area contributed by atoms with Gasteiger partial charge >= 0.3 is 12.1 Å². The molecule has 0 saturated carbocycles. The van der Waals surface area contributed by atoms with Crippen molar-refractivity contribution in [2.24, 2.45) is 0 Å². The molecule has 214 valence electrons. The summed E-state index contributed by atoms with van der Waals surface area (Å²) in [4.78, 5) is 25.6. The van der Waals surface area contributed by atoms with Crippen LogP contribution < -0.4 is 0 Å². The van der Waals surface area contributed by atoms with Gasteiger partial charge in [0, 0.05) is 19.4 Å². The van der Waals surface area contributed by atoms with Crippen LogP contribution in [0.2, 0.25) is 0 Å². The Morgan fingerprint density at radius 2 is 1.30 bits per heavy atom. The van der Waals surface area contributed by atoms with E-state index in [-0.39, 0.29) is 35.9 Å². The molecule has 0 spiro atoms. The lowest BCUT2D eigenvalue weighted by molar-refractivity contribution is -0.142. The molecule has 1 unspecified atom stereocenters. The largest absolute Gasteiger partial charge is 0.508 e. The summed E-state index contributed by atoms with van der Waals surface area (Å²) in [6.07, 6.45) is -0.580. The number of aromatic hydroxyl groups is 1. The van der Waals surface area contributed by atoms with Crippen molar-refractivity contribution in [3.63, 3.8) is 0 Å². The van der Waals surface area contributed by atoms with Gasteiger partial charge in [0.2, 0.25) is 0 Å². The molecule has 1 aliphatic rings. The van der Waals surface area contributed by atoms with Gasteiger partial charge in [-0.15, -0.1) is 0 Å². The van der Waals surface area contributed by atoms with Gasteiger partial charge in [0.05, 0.1) is 11.2 Å². The van der Waals surface area contributed by atoms with Crippen LogP contribution in [0.4, 0.5) is 4.79 Å². The summed E-state index contributed by atoms with van der Waals surface area (Å²) in [5.74, 6) is -1.12. The summed E-state index contributed by atoms with van der Waals surface area (Å²) in [6, 6.07) is 21.2. The number of fused-ring (bicyclic) bond motifs is 3. The number of nitrogens with zero attached hydrogens (tertiary/aromatic N) is 1. The molecule has 7 nitrogen and oxygen atoms in total. The van der Waals surface area contributed by atoms with Crippen molar-refractivity contribution >= 4 is 12.1 Å². The molecule has 3 aromatic rings. The van der Waals surface area contributed by atoms with Gasteiger partial charge in [-0.3, -0.25) is 4.90 Å². The minimum atomic E-state index is -1.12. The molecule has 1 atom stereocenters. The van der Waals surface area contributed by atoms with E-state index in [0.717, 1.165) is 27.2 Å². The number of hydrogen-bond acceptors (Lipinski definition) is 5. The van der Waals surface area contributed by atoms with E-state index >= 15 is 0 Å². The third-order valence-corrected chi connectivity index (χ3v) is 6.35. The van der Waals surface area contributed by atoms with Crippen molar-refractivity contribution in [3.8, 4) is 16.9 Å². The van der Waals surface area contributed by atoms with Crippen molar-refractivity contribution in [2.75, 3.05) is 13.7 Å². The predicted molar refractivity (Wildman–Crippen MR) is 157 cm³/mol. The normalized spacial score (nSPS) is 13.4. The first-order chi connectivity index (χ1) is 18.7. The fraction of sp³-hybridized carbons (Fsp3) is 0.394. The number of hydrogen-bond donors (Lipinski definition) is 2. The molecule has 4 rings (SSSR count). The summed E-state index contributed by atoms with van der Waals surface area (Å²) in [5.41, 5.74) is 5.11. The van der Waals surface area contributed by atoms with Crippen molar-refractivity contribution in [1.82, 2.24) is 4.90 Å². The van der Waals surface area contributed by atoms with E-state index in [0.29, 0.717) is 5.56 Å². The Hall–Kier alpha value is -3.84. The highest BCUT2D eigenvalue weighted by atomic mass is 16.6. The first-order valence-corrected chi connectivity index (χ1v) is 13.4. The van der Waals surface area contributed by atoms with Crippen LogP contribution in [-0.4, -0.2) is 58.1 Å². The highest BCUT2D eigenvalue weighted by Crippen LogP contribution is 2.44. The molecule has 1 aliphatic carbocycles. The summed E-state index contributed by atoms with van der Waals surface area (Å²) in [5, 5.41) is 19.1. The van der Waals surface area contributed by atoms with E-state index in [2.05, 4.69) is 53.7 Å². The Morgan fingerprint density at radius 1 is 0.825 bits per heavy atom. The maximum absolute atomic E-state index is 12.7. The molecule has 3 aromatic carbocycles. The van der Waals surface area contributed by atoms with E-state index < -0.39 is 18.1 Å². The number of amides is 1. The molecule has 0 fully saturated rings. The zero-order valence-corrected chi connectivity index (χ0v) is 24.5. The lowest BCUT2D eigenvalue weighted by Crippen LogP contribution is -2.44. The third-order valence-electron chi connectivity index (χ3n) is 6.35. The van der Waals surface area contributed by atoms with E-state index in [1.54, 1.807) is 12.1 Å². The molecule has 0 aliphatic heterocycles. The average molecular weight is 548 g/mol. The standard InChI is InChI=1S/C25H23NO5.C8H18O/c1-26(23(24(28)29)14-16-10-12-17(27)13-11-16)25(30)31-15-22-20-8-4-2-6-18(20)19-7-3-5-9-21(19)22;1-7(2,3)9-8(4,5)6/h2-13,22-23,27H,14-15H2,1H3,(H,28,29);1-6H3. The number of rotatable bonds is 6. The predicted octanol–water partition coefficient (Wildman–Crippen LogP) is 6.87. The van der Waals surface area contributed by atoms with Crippen LogP contribution in [0.5, 0.6) is 5.75 Å². The second-order valence-corrected chi connectivity index (χ2v) is 12.0.